The van der Waals surface area contributed by atoms with Gasteiger partial charge in [0.25, 0.3) is 0 Å². The molecule has 6 nitrogen and oxygen atoms in total. The van der Waals surface area contributed by atoms with Crippen molar-refractivity contribution >= 4 is 21.4 Å². The number of nitrogen functional groups attached to an aromatic ring is 1. The molecule has 1 aliphatic rings. The Morgan fingerprint density at radius 2 is 2.25 bits per heavy atom. The van der Waals surface area contributed by atoms with Gasteiger partial charge in [0, 0.05) is 23.9 Å². The molecule has 2 heterocycles. The fourth-order valence-corrected chi connectivity index (χ4v) is 3.98. The maximum atomic E-state index is 12.5. The van der Waals surface area contributed by atoms with Gasteiger partial charge in [0.05, 0.1) is 5.69 Å². The molecule has 0 spiro atoms. The Hall–Kier alpha value is -2.02. The van der Waals surface area contributed by atoms with Gasteiger partial charge in [-0.25, -0.2) is 8.42 Å². The second kappa shape index (κ2) is 4.52. The predicted octanol–water partition coefficient (Wildman–Crippen LogP) is 1.46. The monoisotopic (exact) mass is 293 g/mol. The highest BCUT2D eigenvalue weighted by molar-refractivity contribution is 7.92. The summed E-state index contributed by atoms with van der Waals surface area (Å²) in [5, 5.41) is 3.74. The summed E-state index contributed by atoms with van der Waals surface area (Å²) >= 11 is 0. The van der Waals surface area contributed by atoms with Crippen LogP contribution in [0.4, 0.5) is 11.4 Å². The highest BCUT2D eigenvalue weighted by Gasteiger charge is 2.31. The molecule has 106 valence electrons. The topological polar surface area (TPSA) is 89.4 Å². The van der Waals surface area contributed by atoms with Gasteiger partial charge in [-0.3, -0.25) is 4.31 Å². The highest BCUT2D eigenvalue weighted by atomic mass is 32.2. The minimum atomic E-state index is -3.47. The van der Waals surface area contributed by atoms with Crippen LogP contribution in [0.5, 0.6) is 0 Å². The van der Waals surface area contributed by atoms with Crippen molar-refractivity contribution in [1.29, 1.82) is 0 Å². The van der Waals surface area contributed by atoms with Crippen molar-refractivity contribution in [2.75, 3.05) is 16.6 Å². The average molecular weight is 293 g/mol. The normalized spacial score (nSPS) is 14.6. The first-order chi connectivity index (χ1) is 9.47. The van der Waals surface area contributed by atoms with E-state index in [1.165, 1.54) is 4.31 Å². The molecule has 0 saturated carbocycles. The number of aromatic nitrogens is 1. The molecule has 0 saturated heterocycles. The lowest BCUT2D eigenvalue weighted by molar-refractivity contribution is 0.392. The predicted molar refractivity (Wildman–Crippen MR) is 75.8 cm³/mol. The standard InChI is InChI=1S/C13H15N3O3S/c1-9-7-10(15-19-9)8-20(17,18)16-6-5-11-12(14)3-2-4-13(11)16/h2-4,7H,5-6,8,14H2,1H3. The second-order valence-electron chi connectivity index (χ2n) is 4.85. The number of rotatable bonds is 3. The Labute approximate surface area is 117 Å². The first-order valence-electron chi connectivity index (χ1n) is 6.27. The molecule has 1 aromatic carbocycles. The summed E-state index contributed by atoms with van der Waals surface area (Å²) in [5.74, 6) is 0.430. The highest BCUT2D eigenvalue weighted by Crippen LogP contribution is 2.34. The van der Waals surface area contributed by atoms with Gasteiger partial charge in [0.2, 0.25) is 10.0 Å². The van der Waals surface area contributed by atoms with Gasteiger partial charge in [0.1, 0.15) is 17.2 Å². The van der Waals surface area contributed by atoms with Crippen LogP contribution in [0, 0.1) is 6.92 Å². The van der Waals surface area contributed by atoms with Crippen molar-refractivity contribution in [2.45, 2.75) is 19.1 Å². The van der Waals surface area contributed by atoms with Crippen molar-refractivity contribution in [3.8, 4) is 0 Å². The molecule has 1 aliphatic heterocycles. The zero-order valence-corrected chi connectivity index (χ0v) is 11.9. The van der Waals surface area contributed by atoms with Crippen LogP contribution in [0.3, 0.4) is 0 Å². The second-order valence-corrected chi connectivity index (χ2v) is 6.75. The molecule has 0 atom stereocenters. The molecular formula is C13H15N3O3S. The summed E-state index contributed by atoms with van der Waals surface area (Å²) in [7, 11) is -3.47. The summed E-state index contributed by atoms with van der Waals surface area (Å²) < 4.78 is 31.3. The van der Waals surface area contributed by atoms with Crippen LogP contribution in [-0.4, -0.2) is 20.1 Å². The minimum absolute atomic E-state index is 0.168. The molecule has 0 amide bonds. The largest absolute Gasteiger partial charge is 0.398 e. The van der Waals surface area contributed by atoms with Crippen molar-refractivity contribution in [1.82, 2.24) is 5.16 Å². The number of hydrogen-bond acceptors (Lipinski definition) is 5. The fraction of sp³-hybridized carbons (Fsp3) is 0.308. The SMILES string of the molecule is Cc1cc(CS(=O)(=O)N2CCc3c(N)cccc32)no1. The van der Waals surface area contributed by atoms with E-state index in [1.54, 1.807) is 31.2 Å². The van der Waals surface area contributed by atoms with E-state index in [9.17, 15) is 8.42 Å². The number of hydrogen-bond donors (Lipinski definition) is 1. The molecule has 0 fully saturated rings. The van der Waals surface area contributed by atoms with Crippen molar-refractivity contribution in [3.05, 3.63) is 41.3 Å². The Morgan fingerprint density at radius 1 is 1.45 bits per heavy atom. The van der Waals surface area contributed by atoms with Crippen LogP contribution in [0.1, 0.15) is 17.0 Å². The van der Waals surface area contributed by atoms with E-state index in [0.29, 0.717) is 35.8 Å². The zero-order valence-electron chi connectivity index (χ0n) is 11.0. The molecule has 7 heteroatoms. The van der Waals surface area contributed by atoms with Crippen LogP contribution in [-0.2, 0) is 22.2 Å². The summed E-state index contributed by atoms with van der Waals surface area (Å²) in [6.45, 7) is 2.15. The van der Waals surface area contributed by atoms with Gasteiger partial charge in [0.15, 0.2) is 0 Å². The third-order valence-electron chi connectivity index (χ3n) is 3.36. The number of sulfonamides is 1. The Morgan fingerprint density at radius 3 is 2.95 bits per heavy atom. The maximum absolute atomic E-state index is 12.5. The first kappa shape index (κ1) is 13.0. The van der Waals surface area contributed by atoms with E-state index >= 15 is 0 Å². The molecular weight excluding hydrogens is 278 g/mol. The van der Waals surface area contributed by atoms with Gasteiger partial charge in [-0.05, 0) is 25.5 Å². The van der Waals surface area contributed by atoms with Crippen LogP contribution < -0.4 is 10.0 Å². The smallest absolute Gasteiger partial charge is 0.241 e. The quantitative estimate of drug-likeness (QED) is 0.865. The lowest BCUT2D eigenvalue weighted by Gasteiger charge is -2.18. The molecule has 0 aliphatic carbocycles. The summed E-state index contributed by atoms with van der Waals surface area (Å²) in [6.07, 6.45) is 0.638. The van der Waals surface area contributed by atoms with Gasteiger partial charge in [-0.1, -0.05) is 11.2 Å². The molecule has 20 heavy (non-hydrogen) atoms. The van der Waals surface area contributed by atoms with Crippen LogP contribution in [0.25, 0.3) is 0 Å². The van der Waals surface area contributed by atoms with E-state index in [0.717, 1.165) is 5.56 Å². The molecule has 0 radical (unpaired) electrons. The van der Waals surface area contributed by atoms with Gasteiger partial charge in [-0.15, -0.1) is 0 Å². The summed E-state index contributed by atoms with van der Waals surface area (Å²) in [5.41, 5.74) is 8.50. The lowest BCUT2D eigenvalue weighted by atomic mass is 10.1. The zero-order chi connectivity index (χ0) is 14.3. The van der Waals surface area contributed by atoms with E-state index in [4.69, 9.17) is 10.3 Å². The number of benzene rings is 1. The molecule has 2 aromatic rings. The molecule has 0 unspecified atom stereocenters. The van der Waals surface area contributed by atoms with Crippen molar-refractivity contribution in [3.63, 3.8) is 0 Å². The maximum Gasteiger partial charge on any atom is 0.241 e. The third kappa shape index (κ3) is 2.14. The Balaban J connectivity index is 1.93. The molecule has 1 aromatic heterocycles. The molecule has 0 bridgehead atoms. The first-order valence-corrected chi connectivity index (χ1v) is 7.88. The summed E-state index contributed by atoms with van der Waals surface area (Å²) in [6, 6.07) is 6.97. The molecule has 3 rings (SSSR count). The summed E-state index contributed by atoms with van der Waals surface area (Å²) in [4.78, 5) is 0. The van der Waals surface area contributed by atoms with E-state index in [2.05, 4.69) is 5.16 Å². The fourth-order valence-electron chi connectivity index (χ4n) is 2.47. The van der Waals surface area contributed by atoms with E-state index in [-0.39, 0.29) is 5.75 Å². The number of fused-ring (bicyclic) bond motifs is 1. The Bertz CT molecular complexity index is 752. The van der Waals surface area contributed by atoms with Crippen molar-refractivity contribution < 1.29 is 12.9 Å². The third-order valence-corrected chi connectivity index (χ3v) is 5.08. The minimum Gasteiger partial charge on any atom is -0.398 e. The molecule has 2 N–H and O–H groups in total. The Kier molecular flexibility index (Phi) is 2.93. The average Bonchev–Trinajstić information content (AvgIpc) is 2.96. The van der Waals surface area contributed by atoms with Crippen LogP contribution >= 0.6 is 0 Å². The van der Waals surface area contributed by atoms with Gasteiger partial charge >= 0.3 is 0 Å². The number of nitrogens with zero attached hydrogens (tertiary/aromatic N) is 2. The van der Waals surface area contributed by atoms with Gasteiger partial charge < -0.3 is 10.3 Å². The lowest BCUT2D eigenvalue weighted by Crippen LogP contribution is -2.30. The van der Waals surface area contributed by atoms with Crippen LogP contribution in [0.2, 0.25) is 0 Å². The van der Waals surface area contributed by atoms with E-state index in [1.807, 2.05) is 0 Å². The van der Waals surface area contributed by atoms with E-state index < -0.39 is 10.0 Å². The number of nitrogens with two attached hydrogens (primary N) is 1. The van der Waals surface area contributed by atoms with Crippen molar-refractivity contribution in [2.24, 2.45) is 0 Å². The number of anilines is 2. The number of aryl methyl sites for hydroxylation is 1. The van der Waals surface area contributed by atoms with Crippen LogP contribution in [0.15, 0.2) is 28.8 Å². The van der Waals surface area contributed by atoms with Gasteiger partial charge in [-0.2, -0.15) is 0 Å².